The molecule has 2 fully saturated rings. The Bertz CT molecular complexity index is 970. The maximum absolute atomic E-state index is 4.68. The highest BCUT2D eigenvalue weighted by molar-refractivity contribution is 7.16. The van der Waals surface area contributed by atoms with Crippen LogP contribution in [0.25, 0.3) is 10.2 Å². The van der Waals surface area contributed by atoms with Crippen LogP contribution < -0.4 is 4.90 Å². The lowest BCUT2D eigenvalue weighted by molar-refractivity contribution is 0.270. The van der Waals surface area contributed by atoms with Crippen molar-refractivity contribution in [2.75, 3.05) is 31.1 Å². The predicted molar refractivity (Wildman–Crippen MR) is 118 cm³/mol. The Morgan fingerprint density at radius 2 is 1.93 bits per heavy atom. The number of rotatable bonds is 3. The van der Waals surface area contributed by atoms with Crippen molar-refractivity contribution in [2.45, 2.75) is 33.2 Å². The first-order valence-electron chi connectivity index (χ1n) is 9.70. The zero-order valence-electron chi connectivity index (χ0n) is 16.4. The van der Waals surface area contributed by atoms with Gasteiger partial charge in [-0.2, -0.15) is 0 Å². The van der Waals surface area contributed by atoms with Crippen molar-refractivity contribution in [1.82, 2.24) is 19.9 Å². The summed E-state index contributed by atoms with van der Waals surface area (Å²) < 4.78 is 1.28. The molecule has 2 aliphatic heterocycles. The van der Waals surface area contributed by atoms with E-state index in [4.69, 9.17) is 0 Å². The fraction of sp³-hybridized carbons (Fsp3) is 0.476. The second-order valence-corrected chi connectivity index (χ2v) is 9.09. The third-order valence-corrected chi connectivity index (χ3v) is 6.84. The zero-order chi connectivity index (χ0) is 18.4. The van der Waals surface area contributed by atoms with Crippen LogP contribution in [0.1, 0.15) is 29.9 Å². The summed E-state index contributed by atoms with van der Waals surface area (Å²) in [5.41, 5.74) is 5.92. The molecule has 148 valence electrons. The van der Waals surface area contributed by atoms with Crippen LogP contribution in [0.4, 0.5) is 5.82 Å². The third-order valence-electron chi connectivity index (χ3n) is 6.03. The van der Waals surface area contributed by atoms with Crippen molar-refractivity contribution in [2.24, 2.45) is 5.41 Å². The lowest BCUT2D eigenvalue weighted by Gasteiger charge is -2.25. The maximum atomic E-state index is 4.68. The Morgan fingerprint density at radius 1 is 1.07 bits per heavy atom. The second-order valence-electron chi connectivity index (χ2n) is 8.20. The topological polar surface area (TPSA) is 45.2 Å². The number of hydrogen-bond acceptors (Lipinski definition) is 6. The van der Waals surface area contributed by atoms with Gasteiger partial charge >= 0.3 is 0 Å². The number of nitrogens with zero attached hydrogens (tertiary/aromatic N) is 5. The number of benzene rings is 1. The summed E-state index contributed by atoms with van der Waals surface area (Å²) in [6, 6.07) is 8.86. The zero-order valence-corrected chi connectivity index (χ0v) is 18.0. The fourth-order valence-electron chi connectivity index (χ4n) is 4.75. The van der Waals surface area contributed by atoms with E-state index in [0.717, 1.165) is 42.5 Å². The minimum atomic E-state index is 0. The van der Waals surface area contributed by atoms with Crippen molar-refractivity contribution in [3.8, 4) is 0 Å². The number of hydrogen-bond donors (Lipinski definition) is 0. The summed E-state index contributed by atoms with van der Waals surface area (Å²) in [6.45, 7) is 9.66. The van der Waals surface area contributed by atoms with Gasteiger partial charge < -0.3 is 4.90 Å². The molecule has 0 bridgehead atoms. The molecule has 1 spiro atoms. The average Bonchev–Trinajstić information content (AvgIpc) is 3.35. The average molecular weight is 416 g/mol. The molecule has 28 heavy (non-hydrogen) atoms. The molecule has 2 aromatic heterocycles. The van der Waals surface area contributed by atoms with Gasteiger partial charge in [0, 0.05) is 43.4 Å². The molecule has 0 N–H and O–H groups in total. The molecule has 5 nitrogen and oxygen atoms in total. The van der Waals surface area contributed by atoms with E-state index in [0.29, 0.717) is 5.41 Å². The second kappa shape index (κ2) is 7.58. The van der Waals surface area contributed by atoms with Crippen LogP contribution in [0.2, 0.25) is 0 Å². The van der Waals surface area contributed by atoms with E-state index >= 15 is 0 Å². The summed E-state index contributed by atoms with van der Waals surface area (Å²) in [5, 5.41) is 0. The van der Waals surface area contributed by atoms with Crippen LogP contribution in [0, 0.1) is 19.3 Å². The standard InChI is InChI=1S/C21H25N5S.ClH/c1-15-9-20(24-16(2)23-15)26-8-6-21(13-26)5-7-25(12-21)11-17-3-4-19-18(10-17)22-14-27-19;/h3-4,9-10,14H,5-8,11-13H2,1-2H3;1H. The van der Waals surface area contributed by atoms with Gasteiger partial charge in [0.1, 0.15) is 11.6 Å². The highest BCUT2D eigenvalue weighted by Crippen LogP contribution is 2.41. The number of thiazole rings is 1. The lowest BCUT2D eigenvalue weighted by atomic mass is 9.86. The van der Waals surface area contributed by atoms with E-state index in [1.807, 2.05) is 12.4 Å². The summed E-state index contributed by atoms with van der Waals surface area (Å²) in [7, 11) is 0. The first-order chi connectivity index (χ1) is 13.1. The van der Waals surface area contributed by atoms with E-state index in [-0.39, 0.29) is 12.4 Å². The minimum Gasteiger partial charge on any atom is -0.356 e. The molecule has 3 aromatic rings. The summed E-state index contributed by atoms with van der Waals surface area (Å²) in [5.74, 6) is 1.97. The Hall–Kier alpha value is -1.76. The molecular formula is C21H26ClN5S. The predicted octanol–water partition coefficient (Wildman–Crippen LogP) is 4.23. The van der Waals surface area contributed by atoms with Crippen molar-refractivity contribution < 1.29 is 0 Å². The molecule has 5 rings (SSSR count). The molecule has 0 aliphatic carbocycles. The van der Waals surface area contributed by atoms with Crippen LogP contribution in [-0.2, 0) is 6.54 Å². The molecule has 2 aliphatic rings. The van der Waals surface area contributed by atoms with E-state index < -0.39 is 0 Å². The van der Waals surface area contributed by atoms with Crippen molar-refractivity contribution in [3.63, 3.8) is 0 Å². The van der Waals surface area contributed by atoms with Crippen LogP contribution in [0.15, 0.2) is 29.8 Å². The first-order valence-corrected chi connectivity index (χ1v) is 10.6. The van der Waals surface area contributed by atoms with Gasteiger partial charge in [-0.05, 0) is 50.9 Å². The molecule has 1 aromatic carbocycles. The SMILES string of the molecule is Cc1cc(N2CCC3(CCN(Cc4ccc5scnc5c4)C3)C2)nc(C)n1.Cl. The Labute approximate surface area is 176 Å². The largest absolute Gasteiger partial charge is 0.356 e. The van der Waals surface area contributed by atoms with Gasteiger partial charge in [0.15, 0.2) is 0 Å². The Kier molecular flexibility index (Phi) is 5.29. The Balaban J connectivity index is 0.00000192. The van der Waals surface area contributed by atoms with Gasteiger partial charge in [-0.1, -0.05) is 6.07 Å². The Morgan fingerprint density at radius 3 is 2.79 bits per heavy atom. The normalized spacial score (nSPS) is 22.3. The maximum Gasteiger partial charge on any atom is 0.132 e. The van der Waals surface area contributed by atoms with E-state index in [1.54, 1.807) is 11.3 Å². The molecular weight excluding hydrogens is 390 g/mol. The molecule has 7 heteroatoms. The number of fused-ring (bicyclic) bond motifs is 1. The number of aromatic nitrogens is 3. The van der Waals surface area contributed by atoms with Gasteiger partial charge in [-0.15, -0.1) is 23.7 Å². The van der Waals surface area contributed by atoms with Crippen LogP contribution in [-0.4, -0.2) is 46.0 Å². The number of anilines is 1. The van der Waals surface area contributed by atoms with E-state index in [9.17, 15) is 0 Å². The lowest BCUT2D eigenvalue weighted by Crippen LogP contribution is -2.31. The molecule has 1 atom stereocenters. The van der Waals surface area contributed by atoms with Crippen molar-refractivity contribution in [1.29, 1.82) is 0 Å². The number of halogens is 1. The van der Waals surface area contributed by atoms with Gasteiger partial charge in [0.2, 0.25) is 0 Å². The van der Waals surface area contributed by atoms with Crippen LogP contribution in [0.3, 0.4) is 0 Å². The molecule has 0 radical (unpaired) electrons. The van der Waals surface area contributed by atoms with Gasteiger partial charge in [0.05, 0.1) is 15.7 Å². The smallest absolute Gasteiger partial charge is 0.132 e. The highest BCUT2D eigenvalue weighted by atomic mass is 35.5. The summed E-state index contributed by atoms with van der Waals surface area (Å²) >= 11 is 1.71. The quantitative estimate of drug-likeness (QED) is 0.640. The minimum absolute atomic E-state index is 0. The van der Waals surface area contributed by atoms with E-state index in [1.165, 1.54) is 36.2 Å². The molecule has 2 saturated heterocycles. The van der Waals surface area contributed by atoms with Gasteiger partial charge in [-0.3, -0.25) is 4.90 Å². The molecule has 0 amide bonds. The summed E-state index contributed by atoms with van der Waals surface area (Å²) in [4.78, 5) is 18.6. The fourth-order valence-corrected chi connectivity index (χ4v) is 5.40. The van der Waals surface area contributed by atoms with E-state index in [2.05, 4.69) is 55.9 Å². The summed E-state index contributed by atoms with van der Waals surface area (Å²) in [6.07, 6.45) is 2.54. The van der Waals surface area contributed by atoms with Gasteiger partial charge in [-0.25, -0.2) is 15.0 Å². The monoisotopic (exact) mass is 415 g/mol. The van der Waals surface area contributed by atoms with Crippen molar-refractivity contribution >= 4 is 39.8 Å². The van der Waals surface area contributed by atoms with Crippen molar-refractivity contribution in [3.05, 3.63) is 46.9 Å². The number of aryl methyl sites for hydroxylation is 2. The molecule has 0 saturated carbocycles. The third kappa shape index (κ3) is 3.73. The number of likely N-dealkylation sites (tertiary alicyclic amines) is 1. The van der Waals surface area contributed by atoms with Crippen LogP contribution >= 0.6 is 23.7 Å². The first kappa shape index (κ1) is 19.6. The molecule has 4 heterocycles. The highest BCUT2D eigenvalue weighted by Gasteiger charge is 2.43. The van der Waals surface area contributed by atoms with Gasteiger partial charge in [0.25, 0.3) is 0 Å². The molecule has 1 unspecified atom stereocenters. The van der Waals surface area contributed by atoms with Crippen LogP contribution in [0.5, 0.6) is 0 Å².